The van der Waals surface area contributed by atoms with Gasteiger partial charge in [-0.2, -0.15) is 5.26 Å². The van der Waals surface area contributed by atoms with Gasteiger partial charge in [0.1, 0.15) is 23.5 Å². The van der Waals surface area contributed by atoms with Crippen molar-refractivity contribution in [2.24, 2.45) is 11.3 Å². The highest BCUT2D eigenvalue weighted by Crippen LogP contribution is 2.50. The van der Waals surface area contributed by atoms with Gasteiger partial charge in [0.15, 0.2) is 0 Å². The molecule has 2 aliphatic heterocycles. The van der Waals surface area contributed by atoms with Crippen LogP contribution in [0.25, 0.3) is 10.9 Å². The predicted molar refractivity (Wildman–Crippen MR) is 133 cm³/mol. The SMILES string of the molecule is COc1cccc2[nH]c(C(=O)N3CC4(CCC4)CC3C(=O)N[C@H](C#N)C[C@@H]3CC(C)(C)NC3=O)cc12. The van der Waals surface area contributed by atoms with E-state index < -0.39 is 12.1 Å². The molecule has 3 atom stereocenters. The van der Waals surface area contributed by atoms with Crippen LogP contribution in [0, 0.1) is 22.7 Å². The van der Waals surface area contributed by atoms with Gasteiger partial charge in [-0.25, -0.2) is 0 Å². The first kappa shape index (κ1) is 24.2. The molecule has 3 fully saturated rings. The first-order valence-corrected chi connectivity index (χ1v) is 12.6. The van der Waals surface area contributed by atoms with Gasteiger partial charge in [0.05, 0.1) is 13.2 Å². The number of ether oxygens (including phenoxy) is 1. The van der Waals surface area contributed by atoms with Gasteiger partial charge in [0.25, 0.3) is 5.91 Å². The third kappa shape index (κ3) is 4.29. The van der Waals surface area contributed by atoms with Crippen LogP contribution in [-0.2, 0) is 9.59 Å². The number of carbonyl (C=O) groups excluding carboxylic acids is 3. The van der Waals surface area contributed by atoms with E-state index in [2.05, 4.69) is 21.7 Å². The molecule has 9 nitrogen and oxygen atoms in total. The Hall–Kier alpha value is -3.54. The topological polar surface area (TPSA) is 127 Å². The molecule has 1 spiro atoms. The smallest absolute Gasteiger partial charge is 0.271 e. The fraction of sp³-hybridized carbons (Fsp3) is 0.556. The molecule has 1 aromatic carbocycles. The van der Waals surface area contributed by atoms with Gasteiger partial charge < -0.3 is 25.3 Å². The minimum Gasteiger partial charge on any atom is -0.496 e. The Morgan fingerprint density at radius 1 is 1.31 bits per heavy atom. The monoisotopic (exact) mass is 491 g/mol. The molecule has 3 heterocycles. The summed E-state index contributed by atoms with van der Waals surface area (Å²) in [5, 5.41) is 16.3. The Bertz CT molecular complexity index is 1250. The van der Waals surface area contributed by atoms with Crippen LogP contribution in [0.2, 0.25) is 0 Å². The number of aromatic amines is 1. The quantitative estimate of drug-likeness (QED) is 0.573. The lowest BCUT2D eigenvalue weighted by Gasteiger charge is -2.37. The molecule has 5 rings (SSSR count). The molecule has 2 saturated heterocycles. The summed E-state index contributed by atoms with van der Waals surface area (Å²) in [6, 6.07) is 8.05. The number of fused-ring (bicyclic) bond motifs is 1. The van der Waals surface area contributed by atoms with Crippen molar-refractivity contribution in [2.75, 3.05) is 13.7 Å². The molecule has 3 aliphatic rings. The Kier molecular flexibility index (Phi) is 5.93. The zero-order valence-corrected chi connectivity index (χ0v) is 21.0. The summed E-state index contributed by atoms with van der Waals surface area (Å²) < 4.78 is 5.43. The standard InChI is InChI=1S/C27H33N5O4/c1-26(2)12-16(23(33)31-26)10-17(14-28)29-24(34)21-13-27(8-5-9-27)15-32(21)25(35)20-11-18-19(30-20)6-4-7-22(18)36-3/h4,6-7,11,16-17,21,30H,5,8-10,12-13,15H2,1-3H3,(H,29,34)(H,31,33)/t16-,17+,21?/m1/s1. The third-order valence-corrected chi connectivity index (χ3v) is 8.14. The Balaban J connectivity index is 1.34. The summed E-state index contributed by atoms with van der Waals surface area (Å²) in [5.41, 5.74) is 0.835. The molecule has 3 amide bonds. The number of hydrogen-bond acceptors (Lipinski definition) is 5. The highest BCUT2D eigenvalue weighted by molar-refractivity contribution is 6.02. The second kappa shape index (κ2) is 8.84. The van der Waals surface area contributed by atoms with Crippen molar-refractivity contribution in [3.8, 4) is 11.8 Å². The van der Waals surface area contributed by atoms with Crippen LogP contribution in [0.4, 0.5) is 0 Å². The highest BCUT2D eigenvalue weighted by Gasteiger charge is 2.52. The van der Waals surface area contributed by atoms with Gasteiger partial charge in [-0.3, -0.25) is 14.4 Å². The number of nitriles is 1. The molecule has 9 heteroatoms. The molecule has 1 aromatic heterocycles. The van der Waals surface area contributed by atoms with Gasteiger partial charge >= 0.3 is 0 Å². The van der Waals surface area contributed by atoms with Crippen molar-refractivity contribution in [1.29, 1.82) is 5.26 Å². The van der Waals surface area contributed by atoms with E-state index in [-0.39, 0.29) is 41.0 Å². The second-order valence-electron chi connectivity index (χ2n) is 11.3. The van der Waals surface area contributed by atoms with E-state index in [1.807, 2.05) is 32.0 Å². The van der Waals surface area contributed by atoms with Gasteiger partial charge in [-0.05, 0) is 69.6 Å². The normalized spacial score (nSPS) is 24.7. The molecule has 2 aromatic rings. The number of hydrogen-bond donors (Lipinski definition) is 3. The van der Waals surface area contributed by atoms with Gasteiger partial charge in [-0.15, -0.1) is 0 Å². The molecule has 1 aliphatic carbocycles. The summed E-state index contributed by atoms with van der Waals surface area (Å²) in [4.78, 5) is 44.3. The number of likely N-dealkylation sites (tertiary alicyclic amines) is 1. The maximum Gasteiger partial charge on any atom is 0.271 e. The fourth-order valence-corrected chi connectivity index (χ4v) is 6.20. The first-order chi connectivity index (χ1) is 17.1. The lowest BCUT2D eigenvalue weighted by atomic mass is 9.67. The first-order valence-electron chi connectivity index (χ1n) is 12.6. The number of methoxy groups -OCH3 is 1. The molecule has 0 radical (unpaired) electrons. The van der Waals surface area contributed by atoms with E-state index in [9.17, 15) is 19.6 Å². The van der Waals surface area contributed by atoms with E-state index in [1.54, 1.807) is 18.1 Å². The maximum absolute atomic E-state index is 13.7. The van der Waals surface area contributed by atoms with E-state index in [1.165, 1.54) is 0 Å². The molecular weight excluding hydrogens is 458 g/mol. The number of nitrogens with one attached hydrogen (secondary N) is 3. The van der Waals surface area contributed by atoms with Crippen molar-refractivity contribution >= 4 is 28.6 Å². The van der Waals surface area contributed by atoms with Crippen LogP contribution < -0.4 is 15.4 Å². The van der Waals surface area contributed by atoms with Crippen LogP contribution >= 0.6 is 0 Å². The molecule has 0 bridgehead atoms. The summed E-state index contributed by atoms with van der Waals surface area (Å²) in [6.45, 7) is 4.42. The van der Waals surface area contributed by atoms with Gasteiger partial charge in [0, 0.05) is 28.9 Å². The number of rotatable bonds is 6. The van der Waals surface area contributed by atoms with Crippen molar-refractivity contribution < 1.29 is 19.1 Å². The number of aromatic nitrogens is 1. The summed E-state index contributed by atoms with van der Waals surface area (Å²) in [7, 11) is 1.59. The minimum absolute atomic E-state index is 0.0428. The van der Waals surface area contributed by atoms with Crippen LogP contribution in [0.15, 0.2) is 24.3 Å². The van der Waals surface area contributed by atoms with Crippen molar-refractivity contribution in [1.82, 2.24) is 20.5 Å². The average Bonchev–Trinajstić information content (AvgIpc) is 3.50. The number of amides is 3. The van der Waals surface area contributed by atoms with Crippen LogP contribution in [0.1, 0.15) is 62.9 Å². The van der Waals surface area contributed by atoms with E-state index in [0.29, 0.717) is 30.8 Å². The molecule has 3 N–H and O–H groups in total. The summed E-state index contributed by atoms with van der Waals surface area (Å²) in [6.07, 6.45) is 4.52. The third-order valence-electron chi connectivity index (χ3n) is 8.14. The second-order valence-corrected chi connectivity index (χ2v) is 11.3. The highest BCUT2D eigenvalue weighted by atomic mass is 16.5. The van der Waals surface area contributed by atoms with E-state index >= 15 is 0 Å². The van der Waals surface area contributed by atoms with Crippen molar-refractivity contribution in [3.05, 3.63) is 30.0 Å². The zero-order chi connectivity index (χ0) is 25.7. The summed E-state index contributed by atoms with van der Waals surface area (Å²) >= 11 is 0. The average molecular weight is 492 g/mol. The largest absolute Gasteiger partial charge is 0.496 e. The van der Waals surface area contributed by atoms with Crippen LogP contribution in [-0.4, -0.2) is 58.9 Å². The number of benzene rings is 1. The molecule has 190 valence electrons. The van der Waals surface area contributed by atoms with Gasteiger partial charge in [-0.1, -0.05) is 12.5 Å². The Morgan fingerprint density at radius 2 is 2.08 bits per heavy atom. The van der Waals surface area contributed by atoms with Crippen LogP contribution in [0.5, 0.6) is 5.75 Å². The zero-order valence-electron chi connectivity index (χ0n) is 21.0. The lowest BCUT2D eigenvalue weighted by molar-refractivity contribution is -0.126. The van der Waals surface area contributed by atoms with Gasteiger partial charge in [0.2, 0.25) is 11.8 Å². The van der Waals surface area contributed by atoms with E-state index in [0.717, 1.165) is 30.2 Å². The van der Waals surface area contributed by atoms with E-state index in [4.69, 9.17) is 4.74 Å². The fourth-order valence-electron chi connectivity index (χ4n) is 6.20. The maximum atomic E-state index is 13.7. The summed E-state index contributed by atoms with van der Waals surface area (Å²) in [5.74, 6) is -0.307. The van der Waals surface area contributed by atoms with Crippen molar-refractivity contribution in [3.63, 3.8) is 0 Å². The Labute approximate surface area is 210 Å². The number of nitrogens with zero attached hydrogens (tertiary/aromatic N) is 2. The number of H-pyrrole nitrogens is 1. The molecule has 1 unspecified atom stereocenters. The minimum atomic E-state index is -0.797. The lowest BCUT2D eigenvalue weighted by Crippen LogP contribution is -2.49. The molecular formula is C27H33N5O4. The van der Waals surface area contributed by atoms with Crippen LogP contribution in [0.3, 0.4) is 0 Å². The molecule has 1 saturated carbocycles. The Morgan fingerprint density at radius 3 is 2.69 bits per heavy atom. The molecule has 36 heavy (non-hydrogen) atoms. The van der Waals surface area contributed by atoms with Crippen molar-refractivity contribution in [2.45, 2.75) is 70.0 Å². The number of carbonyl (C=O) groups is 3. The predicted octanol–water partition coefficient (Wildman–Crippen LogP) is 2.87.